The Balaban J connectivity index is 0.000000214. The standard InChI is InChI=1S/C21H30O2.C9H7N/c1-5-6-7-8-15-12-18(22)20-16-11-14(2)9-10-17(16)21(3,4)23-19(20)13-15;1-2-6-9-8(4-1)5-3-7-10-9/h11-13,16-17,22H,5-10H2,1-4H3;1-7H/t16-,17-;/m1./s1. The summed E-state index contributed by atoms with van der Waals surface area (Å²) in [5, 5.41) is 11.9. The van der Waals surface area contributed by atoms with E-state index in [0.717, 1.165) is 36.1 Å². The minimum Gasteiger partial charge on any atom is -0.507 e. The van der Waals surface area contributed by atoms with Gasteiger partial charge < -0.3 is 9.84 Å². The highest BCUT2D eigenvalue weighted by atomic mass is 16.5. The molecule has 0 unspecified atom stereocenters. The fourth-order valence-corrected chi connectivity index (χ4v) is 5.32. The zero-order valence-corrected chi connectivity index (χ0v) is 20.5. The Morgan fingerprint density at radius 3 is 2.67 bits per heavy atom. The van der Waals surface area contributed by atoms with Crippen LogP contribution in [0.4, 0.5) is 0 Å². The molecule has 2 atom stereocenters. The van der Waals surface area contributed by atoms with E-state index in [0.29, 0.717) is 11.7 Å². The summed E-state index contributed by atoms with van der Waals surface area (Å²) in [6.45, 7) is 8.81. The zero-order chi connectivity index (χ0) is 23.4. The Labute approximate surface area is 198 Å². The molecule has 33 heavy (non-hydrogen) atoms. The van der Waals surface area contributed by atoms with Crippen molar-refractivity contribution in [1.82, 2.24) is 4.98 Å². The highest BCUT2D eigenvalue weighted by Crippen LogP contribution is 2.53. The average molecular weight is 444 g/mol. The Hall–Kier alpha value is -2.81. The second kappa shape index (κ2) is 9.99. The van der Waals surface area contributed by atoms with Gasteiger partial charge in [-0.25, -0.2) is 0 Å². The first kappa shape index (κ1) is 23.4. The third-order valence-electron chi connectivity index (χ3n) is 7.11. The van der Waals surface area contributed by atoms with Crippen molar-refractivity contribution < 1.29 is 9.84 Å². The molecule has 3 aromatic rings. The quantitative estimate of drug-likeness (QED) is 0.328. The van der Waals surface area contributed by atoms with Crippen LogP contribution in [0.15, 0.2) is 66.4 Å². The number of rotatable bonds is 4. The van der Waals surface area contributed by atoms with Crippen LogP contribution >= 0.6 is 0 Å². The smallest absolute Gasteiger partial charge is 0.127 e. The van der Waals surface area contributed by atoms with Crippen molar-refractivity contribution in [3.05, 3.63) is 77.5 Å². The maximum atomic E-state index is 10.7. The van der Waals surface area contributed by atoms with E-state index in [1.54, 1.807) is 0 Å². The van der Waals surface area contributed by atoms with Gasteiger partial charge >= 0.3 is 0 Å². The van der Waals surface area contributed by atoms with Crippen LogP contribution in [0, 0.1) is 5.92 Å². The number of aromatic hydroxyl groups is 1. The maximum Gasteiger partial charge on any atom is 0.127 e. The van der Waals surface area contributed by atoms with Crippen molar-refractivity contribution in [3.8, 4) is 11.5 Å². The number of unbranched alkanes of at least 4 members (excludes halogenated alkanes) is 2. The van der Waals surface area contributed by atoms with E-state index < -0.39 is 0 Å². The summed E-state index contributed by atoms with van der Waals surface area (Å²) < 4.78 is 6.36. The first-order chi connectivity index (χ1) is 15.9. The van der Waals surface area contributed by atoms with Crippen LogP contribution in [0.3, 0.4) is 0 Å². The number of phenolic OH excluding ortho intramolecular Hbond substituents is 1. The number of hydrogen-bond acceptors (Lipinski definition) is 3. The fourth-order valence-electron chi connectivity index (χ4n) is 5.32. The van der Waals surface area contributed by atoms with Crippen molar-refractivity contribution in [2.45, 2.75) is 77.7 Å². The molecule has 0 saturated carbocycles. The van der Waals surface area contributed by atoms with Crippen LogP contribution in [-0.4, -0.2) is 15.7 Å². The van der Waals surface area contributed by atoms with Gasteiger partial charge in [-0.15, -0.1) is 0 Å². The molecule has 174 valence electrons. The van der Waals surface area contributed by atoms with Crippen molar-refractivity contribution in [3.63, 3.8) is 0 Å². The fraction of sp³-hybridized carbons (Fsp3) is 0.433. The van der Waals surface area contributed by atoms with E-state index in [2.05, 4.69) is 57.0 Å². The number of ether oxygens (including phenoxy) is 1. The molecule has 0 radical (unpaired) electrons. The first-order valence-electron chi connectivity index (χ1n) is 12.4. The Morgan fingerprint density at radius 1 is 1.09 bits per heavy atom. The Bertz CT molecular complexity index is 1070. The lowest BCUT2D eigenvalue weighted by molar-refractivity contribution is 0.0107. The number of hydrogen-bond donors (Lipinski definition) is 1. The summed E-state index contributed by atoms with van der Waals surface area (Å²) >= 11 is 0. The molecule has 1 aliphatic heterocycles. The molecule has 0 fully saturated rings. The Morgan fingerprint density at radius 2 is 1.88 bits per heavy atom. The van der Waals surface area contributed by atoms with Crippen molar-refractivity contribution in [2.24, 2.45) is 5.92 Å². The van der Waals surface area contributed by atoms with Gasteiger partial charge in [-0.05, 0) is 76.3 Å². The molecule has 1 aliphatic carbocycles. The zero-order valence-electron chi connectivity index (χ0n) is 20.5. The molecule has 0 saturated heterocycles. The summed E-state index contributed by atoms with van der Waals surface area (Å²) in [4.78, 5) is 4.18. The number of phenols is 1. The molecule has 2 heterocycles. The molecule has 2 aliphatic rings. The van der Waals surface area contributed by atoms with Crippen LogP contribution in [0.1, 0.15) is 76.8 Å². The number of pyridine rings is 1. The number of allylic oxidation sites excluding steroid dienone is 2. The molecule has 2 aromatic carbocycles. The first-order valence-corrected chi connectivity index (χ1v) is 12.4. The van der Waals surface area contributed by atoms with Gasteiger partial charge in [-0.3, -0.25) is 4.98 Å². The topological polar surface area (TPSA) is 42.4 Å². The van der Waals surface area contributed by atoms with Gasteiger partial charge in [0.05, 0.1) is 5.52 Å². The molecule has 0 amide bonds. The predicted octanol–water partition coefficient (Wildman–Crippen LogP) is 7.97. The van der Waals surface area contributed by atoms with Gasteiger partial charge in [0, 0.05) is 29.0 Å². The van der Waals surface area contributed by atoms with Crippen molar-refractivity contribution >= 4 is 10.9 Å². The molecule has 3 nitrogen and oxygen atoms in total. The summed E-state index contributed by atoms with van der Waals surface area (Å²) in [7, 11) is 0. The SMILES string of the molecule is CCCCCc1cc(O)c2c(c1)OC(C)(C)[C@@H]1CCC(C)=C[C@@H]21.c1ccc2ncccc2c1. The highest BCUT2D eigenvalue weighted by Gasteiger charge is 2.45. The summed E-state index contributed by atoms with van der Waals surface area (Å²) in [6, 6.07) is 16.2. The van der Waals surface area contributed by atoms with Crippen molar-refractivity contribution in [2.75, 3.05) is 0 Å². The van der Waals surface area contributed by atoms with Gasteiger partial charge in [0.2, 0.25) is 0 Å². The molecule has 1 aromatic heterocycles. The minimum atomic E-state index is -0.177. The molecule has 1 N–H and O–H groups in total. The van der Waals surface area contributed by atoms with E-state index in [1.165, 1.54) is 35.8 Å². The van der Waals surface area contributed by atoms with Crippen LogP contribution in [-0.2, 0) is 6.42 Å². The van der Waals surface area contributed by atoms with Crippen LogP contribution < -0.4 is 4.74 Å². The van der Waals surface area contributed by atoms with E-state index in [9.17, 15) is 5.11 Å². The Kier molecular flexibility index (Phi) is 7.07. The summed E-state index contributed by atoms with van der Waals surface area (Å²) in [6.07, 6.45) is 11.1. The molecular weight excluding hydrogens is 406 g/mol. The largest absolute Gasteiger partial charge is 0.507 e. The normalized spacial score (nSPS) is 20.5. The molecule has 5 rings (SSSR count). The summed E-state index contributed by atoms with van der Waals surface area (Å²) in [5.74, 6) is 2.04. The predicted molar refractivity (Wildman–Crippen MR) is 137 cm³/mol. The van der Waals surface area contributed by atoms with Gasteiger partial charge in [-0.1, -0.05) is 55.7 Å². The van der Waals surface area contributed by atoms with Gasteiger partial charge in [0.25, 0.3) is 0 Å². The lowest BCUT2D eigenvalue weighted by Crippen LogP contribution is -2.45. The van der Waals surface area contributed by atoms with Crippen LogP contribution in [0.2, 0.25) is 0 Å². The number of benzene rings is 2. The van der Waals surface area contributed by atoms with E-state index in [-0.39, 0.29) is 11.5 Å². The van der Waals surface area contributed by atoms with Crippen LogP contribution in [0.5, 0.6) is 11.5 Å². The molecule has 0 bridgehead atoms. The van der Waals surface area contributed by atoms with Crippen molar-refractivity contribution in [1.29, 1.82) is 0 Å². The summed E-state index contributed by atoms with van der Waals surface area (Å²) in [5.41, 5.74) is 4.52. The minimum absolute atomic E-state index is 0.177. The van der Waals surface area contributed by atoms with Crippen LogP contribution in [0.25, 0.3) is 10.9 Å². The second-order valence-electron chi connectivity index (χ2n) is 10.1. The van der Waals surface area contributed by atoms with Gasteiger partial charge in [0.15, 0.2) is 0 Å². The van der Waals surface area contributed by atoms with Gasteiger partial charge in [0.1, 0.15) is 17.1 Å². The number of aromatic nitrogens is 1. The monoisotopic (exact) mass is 443 g/mol. The average Bonchev–Trinajstić information content (AvgIpc) is 2.79. The number of fused-ring (bicyclic) bond motifs is 4. The van der Waals surface area contributed by atoms with E-state index >= 15 is 0 Å². The van der Waals surface area contributed by atoms with E-state index in [1.807, 2.05) is 36.5 Å². The molecular formula is C30H37NO2. The van der Waals surface area contributed by atoms with Gasteiger partial charge in [-0.2, -0.15) is 0 Å². The highest BCUT2D eigenvalue weighted by molar-refractivity contribution is 5.77. The molecule has 3 heteroatoms. The second-order valence-corrected chi connectivity index (χ2v) is 10.1. The third-order valence-corrected chi connectivity index (χ3v) is 7.11. The number of para-hydroxylation sites is 1. The molecule has 0 spiro atoms. The number of nitrogens with zero attached hydrogens (tertiary/aromatic N) is 1. The third kappa shape index (κ3) is 5.24. The van der Waals surface area contributed by atoms with E-state index in [4.69, 9.17) is 4.74 Å². The number of aryl methyl sites for hydroxylation is 1. The lowest BCUT2D eigenvalue weighted by Gasteiger charge is -2.46. The lowest BCUT2D eigenvalue weighted by atomic mass is 9.68. The maximum absolute atomic E-state index is 10.7.